The molecule has 0 fully saturated rings. The van der Waals surface area contributed by atoms with Crippen LogP contribution in [-0.4, -0.2) is 29.1 Å². The minimum atomic E-state index is -0.404. The van der Waals surface area contributed by atoms with E-state index in [-0.39, 0.29) is 0 Å². The largest absolute Gasteiger partial charge is 0.276 e. The van der Waals surface area contributed by atoms with Crippen molar-refractivity contribution in [2.24, 2.45) is 0 Å². The summed E-state index contributed by atoms with van der Waals surface area (Å²) in [6.45, 7) is 0. The van der Waals surface area contributed by atoms with E-state index in [0.29, 0.717) is 45.1 Å². The Labute approximate surface area is 281 Å². The Morgan fingerprint density at radius 3 is 1.31 bits per heavy atom. The van der Waals surface area contributed by atoms with Crippen LogP contribution < -0.4 is 0 Å². The minimum Gasteiger partial charge on any atom is -0.276 e. The van der Waals surface area contributed by atoms with E-state index in [1.165, 1.54) is 12.1 Å². The third-order valence-electron chi connectivity index (χ3n) is 8.71. The maximum atomic E-state index is 16.0. The molecule has 0 saturated carbocycles. The molecule has 0 aliphatic rings. The number of imidazole rings is 2. The van der Waals surface area contributed by atoms with Crippen LogP contribution in [0.5, 0.6) is 0 Å². The lowest BCUT2D eigenvalue weighted by Crippen LogP contribution is -2.03. The van der Waals surface area contributed by atoms with Gasteiger partial charge < -0.3 is 0 Å². The van der Waals surface area contributed by atoms with Gasteiger partial charge in [0.05, 0.1) is 11.4 Å². The summed E-state index contributed by atoms with van der Waals surface area (Å²) in [5, 5.41) is 0. The maximum absolute atomic E-state index is 16.0. The molecule has 232 valence electrons. The van der Waals surface area contributed by atoms with Gasteiger partial charge in [0, 0.05) is 34.6 Å². The monoisotopic (exact) mass is 634 g/mol. The predicted octanol–water partition coefficient (Wildman–Crippen LogP) is 9.96. The van der Waals surface area contributed by atoms with Crippen molar-refractivity contribution in [1.29, 1.82) is 0 Å². The van der Waals surface area contributed by atoms with Crippen LogP contribution in [0.3, 0.4) is 0 Å². The normalized spacial score (nSPS) is 11.4. The summed E-state index contributed by atoms with van der Waals surface area (Å²) in [5.74, 6) is 0.741. The van der Waals surface area contributed by atoms with Crippen molar-refractivity contribution in [3.63, 3.8) is 0 Å². The van der Waals surface area contributed by atoms with Crippen LogP contribution in [0.4, 0.5) is 4.39 Å². The van der Waals surface area contributed by atoms with Crippen LogP contribution in [0.15, 0.2) is 164 Å². The van der Waals surface area contributed by atoms with E-state index in [4.69, 9.17) is 19.9 Å². The summed E-state index contributed by atoms with van der Waals surface area (Å²) >= 11 is 0. The predicted molar refractivity (Wildman–Crippen MR) is 193 cm³/mol. The van der Waals surface area contributed by atoms with Gasteiger partial charge in [-0.2, -0.15) is 0 Å². The highest BCUT2D eigenvalue weighted by molar-refractivity contribution is 5.87. The number of benzene rings is 5. The van der Waals surface area contributed by atoms with Gasteiger partial charge in [-0.05, 0) is 65.7 Å². The van der Waals surface area contributed by atoms with E-state index in [1.54, 1.807) is 12.4 Å². The lowest BCUT2D eigenvalue weighted by molar-refractivity contribution is 0.628. The summed E-state index contributed by atoms with van der Waals surface area (Å²) in [7, 11) is 0. The fraction of sp³-hybridized carbons (Fsp3) is 0. The van der Waals surface area contributed by atoms with Gasteiger partial charge in [0.15, 0.2) is 11.3 Å². The molecule has 0 amide bonds. The second kappa shape index (κ2) is 11.8. The lowest BCUT2D eigenvalue weighted by atomic mass is 10.0. The number of pyridine rings is 2. The number of para-hydroxylation sites is 2. The van der Waals surface area contributed by atoms with Crippen LogP contribution in [0, 0.1) is 5.82 Å². The Morgan fingerprint density at radius 2 is 0.837 bits per heavy atom. The van der Waals surface area contributed by atoms with Crippen molar-refractivity contribution >= 4 is 22.3 Å². The molecular weight excluding hydrogens is 608 g/mol. The van der Waals surface area contributed by atoms with Gasteiger partial charge in [0.25, 0.3) is 0 Å². The van der Waals surface area contributed by atoms with Crippen LogP contribution in [0.2, 0.25) is 0 Å². The van der Waals surface area contributed by atoms with Crippen molar-refractivity contribution in [2.45, 2.75) is 0 Å². The number of hydrogen-bond acceptors (Lipinski definition) is 4. The average molecular weight is 635 g/mol. The number of rotatable bonds is 6. The summed E-state index contributed by atoms with van der Waals surface area (Å²) in [5.41, 5.74) is 9.89. The van der Waals surface area contributed by atoms with Gasteiger partial charge in [-0.25, -0.2) is 24.3 Å². The maximum Gasteiger partial charge on any atom is 0.164 e. The first-order chi connectivity index (χ1) is 24.2. The van der Waals surface area contributed by atoms with Crippen molar-refractivity contribution < 1.29 is 4.39 Å². The molecule has 0 saturated heterocycles. The molecule has 0 N–H and O–H groups in total. The van der Waals surface area contributed by atoms with Crippen LogP contribution >= 0.6 is 0 Å². The first kappa shape index (κ1) is 28.5. The second-order valence-corrected chi connectivity index (χ2v) is 11.7. The minimum absolute atomic E-state index is 0.404. The highest BCUT2D eigenvalue weighted by Gasteiger charge is 2.22. The molecule has 9 aromatic rings. The molecule has 4 aromatic heterocycles. The van der Waals surface area contributed by atoms with E-state index in [2.05, 4.69) is 36.4 Å². The summed E-state index contributed by atoms with van der Waals surface area (Å²) in [6, 6.07) is 49.3. The van der Waals surface area contributed by atoms with Gasteiger partial charge in [-0.15, -0.1) is 0 Å². The zero-order chi connectivity index (χ0) is 32.7. The Hall–Kier alpha value is -6.73. The van der Waals surface area contributed by atoms with Crippen molar-refractivity contribution in [2.75, 3.05) is 0 Å². The first-order valence-corrected chi connectivity index (χ1v) is 16.0. The Morgan fingerprint density at radius 1 is 0.408 bits per heavy atom. The van der Waals surface area contributed by atoms with E-state index >= 15 is 4.39 Å². The zero-order valence-corrected chi connectivity index (χ0v) is 26.1. The Bertz CT molecular complexity index is 2450. The summed E-state index contributed by atoms with van der Waals surface area (Å²) < 4.78 is 20.0. The van der Waals surface area contributed by atoms with Gasteiger partial charge in [0.2, 0.25) is 0 Å². The van der Waals surface area contributed by atoms with Gasteiger partial charge in [-0.3, -0.25) is 9.13 Å². The molecule has 6 nitrogen and oxygen atoms in total. The van der Waals surface area contributed by atoms with E-state index in [1.807, 2.05) is 112 Å². The van der Waals surface area contributed by atoms with Gasteiger partial charge in [0.1, 0.15) is 28.5 Å². The molecular formula is C42H27FN6. The van der Waals surface area contributed by atoms with Crippen LogP contribution in [0.1, 0.15) is 0 Å². The number of hydrogen-bond donors (Lipinski definition) is 0. The second-order valence-electron chi connectivity index (χ2n) is 11.7. The molecule has 4 heterocycles. The van der Waals surface area contributed by atoms with Gasteiger partial charge in [-0.1, -0.05) is 97.1 Å². The van der Waals surface area contributed by atoms with Gasteiger partial charge >= 0.3 is 0 Å². The fourth-order valence-corrected chi connectivity index (χ4v) is 6.58. The van der Waals surface area contributed by atoms with Crippen molar-refractivity contribution in [3.8, 4) is 56.4 Å². The SMILES string of the molecule is Fc1cc(-c2nc3cccnc3n2-c2ccccc2-c2ccccc2)cc(-c2nc3cccnc3n2-c2ccccc2-c2ccccc2)c1. The molecule has 0 aliphatic carbocycles. The highest BCUT2D eigenvalue weighted by Crippen LogP contribution is 2.38. The van der Waals surface area contributed by atoms with Crippen molar-refractivity contribution in [3.05, 3.63) is 170 Å². The van der Waals surface area contributed by atoms with E-state index in [9.17, 15) is 0 Å². The summed E-state index contributed by atoms with van der Waals surface area (Å²) in [6.07, 6.45) is 3.51. The number of aromatic nitrogens is 6. The molecule has 49 heavy (non-hydrogen) atoms. The van der Waals surface area contributed by atoms with Crippen molar-refractivity contribution in [1.82, 2.24) is 29.1 Å². The smallest absolute Gasteiger partial charge is 0.164 e. The molecule has 0 atom stereocenters. The molecule has 9 rings (SSSR count). The highest BCUT2D eigenvalue weighted by atomic mass is 19.1. The third-order valence-corrected chi connectivity index (χ3v) is 8.71. The Balaban J connectivity index is 1.29. The van der Waals surface area contributed by atoms with E-state index < -0.39 is 5.82 Å². The molecule has 0 bridgehead atoms. The standard InChI is InChI=1S/C42H27FN6/c43-32-26-30(39-46-35-19-11-23-44-41(35)48(39)37-21-9-7-17-33(37)28-13-3-1-4-14-28)25-31(27-32)40-47-36-20-12-24-45-42(36)49(40)38-22-10-8-18-34(38)29-15-5-2-6-16-29/h1-27H. The number of halogens is 1. The quantitative estimate of drug-likeness (QED) is 0.183. The summed E-state index contributed by atoms with van der Waals surface area (Å²) in [4.78, 5) is 19.6. The zero-order valence-electron chi connectivity index (χ0n) is 26.1. The molecule has 0 spiro atoms. The molecule has 5 aromatic carbocycles. The number of nitrogens with zero attached hydrogens (tertiary/aromatic N) is 6. The fourth-order valence-electron chi connectivity index (χ4n) is 6.58. The lowest BCUT2D eigenvalue weighted by Gasteiger charge is -2.16. The topological polar surface area (TPSA) is 61.4 Å². The number of fused-ring (bicyclic) bond motifs is 2. The third kappa shape index (κ3) is 4.96. The molecule has 7 heteroatoms. The first-order valence-electron chi connectivity index (χ1n) is 16.0. The molecule has 0 aliphatic heterocycles. The molecule has 0 radical (unpaired) electrons. The molecule has 0 unspecified atom stereocenters. The van der Waals surface area contributed by atoms with Crippen LogP contribution in [0.25, 0.3) is 78.7 Å². The average Bonchev–Trinajstić information content (AvgIpc) is 3.75. The Kier molecular flexibility index (Phi) is 6.87. The van der Waals surface area contributed by atoms with E-state index in [0.717, 1.165) is 33.6 Å². The van der Waals surface area contributed by atoms with Crippen LogP contribution in [-0.2, 0) is 0 Å².